The molecule has 0 aromatic carbocycles. The minimum Gasteiger partial charge on any atom is -0.368 e. The molecule has 1 aliphatic heterocycles. The van der Waals surface area contributed by atoms with Gasteiger partial charge in [0.15, 0.2) is 5.78 Å². The average Bonchev–Trinajstić information content (AvgIpc) is 2.17. The van der Waals surface area contributed by atoms with Gasteiger partial charge < -0.3 is 9.64 Å². The van der Waals surface area contributed by atoms with Crippen molar-refractivity contribution in [2.24, 2.45) is 5.92 Å². The van der Waals surface area contributed by atoms with Gasteiger partial charge in [-0.3, -0.25) is 4.79 Å². The number of ether oxygens (including phenoxy) is 1. The molecule has 0 aliphatic carbocycles. The predicted molar refractivity (Wildman–Crippen MR) is 56.3 cm³/mol. The Morgan fingerprint density at radius 1 is 1.64 bits per heavy atom. The number of hydrogen-bond acceptors (Lipinski definition) is 3. The molecule has 3 heteroatoms. The van der Waals surface area contributed by atoms with Crippen LogP contribution in [-0.4, -0.2) is 43.5 Å². The fraction of sp³-hybridized carbons (Fsp3) is 0.909. The van der Waals surface area contributed by atoms with E-state index in [9.17, 15) is 4.79 Å². The summed E-state index contributed by atoms with van der Waals surface area (Å²) >= 11 is 0. The second kappa shape index (κ2) is 5.47. The fourth-order valence-corrected chi connectivity index (χ4v) is 1.59. The number of carbonyl (C=O) groups excluding carboxylic acids is 1. The summed E-state index contributed by atoms with van der Waals surface area (Å²) in [5, 5.41) is 0. The smallest absolute Gasteiger partial charge is 0.163 e. The van der Waals surface area contributed by atoms with Gasteiger partial charge in [0.25, 0.3) is 0 Å². The maximum Gasteiger partial charge on any atom is 0.163 e. The van der Waals surface area contributed by atoms with E-state index in [1.807, 2.05) is 7.05 Å². The largest absolute Gasteiger partial charge is 0.368 e. The number of rotatable bonds is 4. The van der Waals surface area contributed by atoms with Crippen LogP contribution >= 0.6 is 0 Å². The number of likely N-dealkylation sites (N-methyl/N-ethyl adjacent to an activating group) is 1. The van der Waals surface area contributed by atoms with Crippen LogP contribution in [-0.2, 0) is 9.53 Å². The number of hydrogen-bond donors (Lipinski definition) is 0. The molecule has 0 amide bonds. The van der Waals surface area contributed by atoms with Crippen molar-refractivity contribution in [3.05, 3.63) is 0 Å². The van der Waals surface area contributed by atoms with Crippen LogP contribution in [0, 0.1) is 5.92 Å². The van der Waals surface area contributed by atoms with Gasteiger partial charge in [-0.15, -0.1) is 0 Å². The van der Waals surface area contributed by atoms with Crippen LogP contribution in [0.4, 0.5) is 0 Å². The maximum absolute atomic E-state index is 11.8. The zero-order valence-electron chi connectivity index (χ0n) is 9.45. The van der Waals surface area contributed by atoms with Gasteiger partial charge in [0.2, 0.25) is 0 Å². The number of Topliss-reactive ketones (excluding diaryl/α,β-unsaturated/α-hetero) is 1. The third-order valence-corrected chi connectivity index (χ3v) is 2.88. The van der Waals surface area contributed by atoms with Crippen molar-refractivity contribution < 1.29 is 9.53 Å². The van der Waals surface area contributed by atoms with E-state index in [4.69, 9.17) is 4.74 Å². The van der Waals surface area contributed by atoms with Crippen molar-refractivity contribution in [1.29, 1.82) is 0 Å². The first kappa shape index (κ1) is 11.7. The molecule has 0 aromatic rings. The van der Waals surface area contributed by atoms with E-state index >= 15 is 0 Å². The molecule has 2 atom stereocenters. The highest BCUT2D eigenvalue weighted by atomic mass is 16.5. The molecule has 1 saturated heterocycles. The van der Waals surface area contributed by atoms with Gasteiger partial charge in [0.1, 0.15) is 6.10 Å². The van der Waals surface area contributed by atoms with E-state index in [0.29, 0.717) is 18.9 Å². The Morgan fingerprint density at radius 2 is 2.36 bits per heavy atom. The lowest BCUT2D eigenvalue weighted by molar-refractivity contribution is -0.136. The summed E-state index contributed by atoms with van der Waals surface area (Å²) in [6.07, 6.45) is 1.55. The van der Waals surface area contributed by atoms with Crippen molar-refractivity contribution in [2.45, 2.75) is 32.8 Å². The lowest BCUT2D eigenvalue weighted by Gasteiger charge is -2.29. The van der Waals surface area contributed by atoms with Crippen molar-refractivity contribution in [3.8, 4) is 0 Å². The van der Waals surface area contributed by atoms with Crippen molar-refractivity contribution in [1.82, 2.24) is 4.90 Å². The average molecular weight is 199 g/mol. The molecule has 1 heterocycles. The molecule has 1 rings (SSSR count). The van der Waals surface area contributed by atoms with Gasteiger partial charge >= 0.3 is 0 Å². The van der Waals surface area contributed by atoms with Crippen LogP contribution in [0.15, 0.2) is 0 Å². The van der Waals surface area contributed by atoms with Crippen LogP contribution in [0.5, 0.6) is 0 Å². The monoisotopic (exact) mass is 199 g/mol. The zero-order chi connectivity index (χ0) is 10.6. The lowest BCUT2D eigenvalue weighted by Crippen LogP contribution is -2.44. The Balaban J connectivity index is 2.36. The van der Waals surface area contributed by atoms with Gasteiger partial charge in [0.05, 0.1) is 6.61 Å². The molecule has 2 unspecified atom stereocenters. The van der Waals surface area contributed by atoms with Crippen molar-refractivity contribution >= 4 is 5.78 Å². The van der Waals surface area contributed by atoms with Crippen LogP contribution < -0.4 is 0 Å². The molecular weight excluding hydrogens is 178 g/mol. The third kappa shape index (κ3) is 3.39. The Morgan fingerprint density at radius 3 is 2.93 bits per heavy atom. The normalized spacial score (nSPS) is 26.1. The first-order chi connectivity index (χ1) is 6.63. The van der Waals surface area contributed by atoms with Gasteiger partial charge in [-0.2, -0.15) is 0 Å². The second-order valence-electron chi connectivity index (χ2n) is 4.31. The Hall–Kier alpha value is -0.410. The van der Waals surface area contributed by atoms with Crippen LogP contribution in [0.1, 0.15) is 26.7 Å². The summed E-state index contributed by atoms with van der Waals surface area (Å²) in [6.45, 7) is 6.62. The third-order valence-electron chi connectivity index (χ3n) is 2.88. The van der Waals surface area contributed by atoms with Crippen LogP contribution in [0.25, 0.3) is 0 Å². The zero-order valence-corrected chi connectivity index (χ0v) is 9.45. The minimum absolute atomic E-state index is 0.178. The standard InChI is InChI=1S/C11H21NO2/c1-4-9(2)7-10(13)11-8-12(3)5-6-14-11/h9,11H,4-8H2,1-3H3. The first-order valence-corrected chi connectivity index (χ1v) is 5.46. The maximum atomic E-state index is 11.8. The molecule has 0 N–H and O–H groups in total. The van der Waals surface area contributed by atoms with Crippen LogP contribution in [0.3, 0.4) is 0 Å². The van der Waals surface area contributed by atoms with Crippen molar-refractivity contribution in [3.63, 3.8) is 0 Å². The molecule has 0 spiro atoms. The molecule has 0 radical (unpaired) electrons. The Kier molecular flexibility index (Phi) is 4.55. The van der Waals surface area contributed by atoms with E-state index in [-0.39, 0.29) is 11.9 Å². The SMILES string of the molecule is CCC(C)CC(=O)C1CN(C)CCO1. The summed E-state index contributed by atoms with van der Waals surface area (Å²) in [5.41, 5.74) is 0. The van der Waals surface area contributed by atoms with E-state index < -0.39 is 0 Å². The molecule has 0 aromatic heterocycles. The molecule has 14 heavy (non-hydrogen) atoms. The van der Waals surface area contributed by atoms with E-state index in [1.165, 1.54) is 0 Å². The summed E-state index contributed by atoms with van der Waals surface area (Å²) in [6, 6.07) is 0. The fourth-order valence-electron chi connectivity index (χ4n) is 1.59. The Labute approximate surface area is 86.4 Å². The van der Waals surface area contributed by atoms with Crippen LogP contribution in [0.2, 0.25) is 0 Å². The number of carbonyl (C=O) groups is 1. The minimum atomic E-state index is -0.178. The molecule has 0 saturated carbocycles. The highest BCUT2D eigenvalue weighted by molar-refractivity contribution is 5.83. The molecule has 3 nitrogen and oxygen atoms in total. The van der Waals surface area contributed by atoms with Gasteiger partial charge in [0, 0.05) is 19.5 Å². The molecule has 0 bridgehead atoms. The highest BCUT2D eigenvalue weighted by Crippen LogP contribution is 2.12. The molecule has 1 fully saturated rings. The second-order valence-corrected chi connectivity index (χ2v) is 4.31. The summed E-state index contributed by atoms with van der Waals surface area (Å²) in [4.78, 5) is 13.9. The highest BCUT2D eigenvalue weighted by Gasteiger charge is 2.25. The summed E-state index contributed by atoms with van der Waals surface area (Å²) in [5.74, 6) is 0.754. The number of morpholine rings is 1. The van der Waals surface area contributed by atoms with E-state index in [1.54, 1.807) is 0 Å². The first-order valence-electron chi connectivity index (χ1n) is 5.46. The quantitative estimate of drug-likeness (QED) is 0.684. The lowest BCUT2D eigenvalue weighted by atomic mass is 9.99. The Bertz CT molecular complexity index is 194. The molecular formula is C11H21NO2. The van der Waals surface area contributed by atoms with E-state index in [0.717, 1.165) is 19.5 Å². The topological polar surface area (TPSA) is 29.5 Å². The summed E-state index contributed by atoms with van der Waals surface area (Å²) < 4.78 is 5.46. The number of nitrogens with zero attached hydrogens (tertiary/aromatic N) is 1. The van der Waals surface area contributed by atoms with Gasteiger partial charge in [-0.05, 0) is 13.0 Å². The molecule has 82 valence electrons. The summed E-state index contributed by atoms with van der Waals surface area (Å²) in [7, 11) is 2.03. The van der Waals surface area contributed by atoms with E-state index in [2.05, 4.69) is 18.7 Å². The van der Waals surface area contributed by atoms with Gasteiger partial charge in [-0.25, -0.2) is 0 Å². The predicted octanol–water partition coefficient (Wildman–Crippen LogP) is 1.32. The molecule has 1 aliphatic rings. The van der Waals surface area contributed by atoms with Gasteiger partial charge in [-0.1, -0.05) is 20.3 Å². The van der Waals surface area contributed by atoms with Crippen molar-refractivity contribution in [2.75, 3.05) is 26.7 Å². The number of ketones is 1.